The lowest BCUT2D eigenvalue weighted by Crippen LogP contribution is -2.15. The predicted octanol–water partition coefficient (Wildman–Crippen LogP) is 6.11. The summed E-state index contributed by atoms with van der Waals surface area (Å²) in [6.07, 6.45) is 0.940. The van der Waals surface area contributed by atoms with Crippen LogP contribution in [0.1, 0.15) is 13.3 Å². The van der Waals surface area contributed by atoms with Crippen LogP contribution < -0.4 is 5.32 Å². The first-order chi connectivity index (χ1) is 13.0. The molecule has 0 aliphatic carbocycles. The Bertz CT molecular complexity index is 944. The molecule has 10 heteroatoms. The van der Waals surface area contributed by atoms with Crippen LogP contribution in [0.3, 0.4) is 0 Å². The number of amides is 1. The molecule has 0 bridgehead atoms. The maximum atomic E-state index is 12.3. The Balaban J connectivity index is 1.70. The zero-order valence-corrected chi connectivity index (χ0v) is 18.1. The van der Waals surface area contributed by atoms with Gasteiger partial charge in [0.05, 0.1) is 31.4 Å². The van der Waals surface area contributed by atoms with Gasteiger partial charge < -0.3 is 9.88 Å². The van der Waals surface area contributed by atoms with E-state index in [1.54, 1.807) is 11.3 Å². The summed E-state index contributed by atoms with van der Waals surface area (Å²) in [6.45, 7) is 2.87. The summed E-state index contributed by atoms with van der Waals surface area (Å²) < 4.78 is 2.04. The van der Waals surface area contributed by atoms with Crippen LogP contribution in [0, 0.1) is 0 Å². The Labute approximate surface area is 180 Å². The summed E-state index contributed by atoms with van der Waals surface area (Å²) in [5.74, 6) is 0.773. The Hall–Kier alpha value is -1.25. The van der Waals surface area contributed by atoms with Crippen molar-refractivity contribution in [1.29, 1.82) is 0 Å². The normalized spacial score (nSPS) is 11.0. The van der Waals surface area contributed by atoms with E-state index in [1.165, 1.54) is 23.9 Å². The van der Waals surface area contributed by atoms with E-state index < -0.39 is 0 Å². The van der Waals surface area contributed by atoms with Crippen molar-refractivity contribution in [2.75, 3.05) is 11.1 Å². The Morgan fingerprint density at radius 2 is 2.00 bits per heavy atom. The quantitative estimate of drug-likeness (QED) is 0.341. The second-order valence-corrected chi connectivity index (χ2v) is 8.63. The van der Waals surface area contributed by atoms with Crippen molar-refractivity contribution in [2.24, 2.45) is 0 Å². The third-order valence-electron chi connectivity index (χ3n) is 3.52. The number of rotatable bonds is 7. The van der Waals surface area contributed by atoms with Crippen molar-refractivity contribution in [2.45, 2.75) is 25.0 Å². The minimum atomic E-state index is -0.219. The number of carbonyl (C=O) groups excluding carboxylic acids is 1. The van der Waals surface area contributed by atoms with Gasteiger partial charge in [0.2, 0.25) is 5.91 Å². The standard InChI is InChI=1S/C17H15Cl3N4OS2/c1-2-5-24-16(14-4-3-6-26-14)22-23-17(24)27-9-15(25)21-13-8-11(19)10(18)7-12(13)20/h3-4,6-8H,2,5,9H2,1H3,(H,21,25). The molecule has 3 aromatic rings. The maximum absolute atomic E-state index is 12.3. The number of thioether (sulfide) groups is 1. The molecule has 1 amide bonds. The van der Waals surface area contributed by atoms with Crippen molar-refractivity contribution in [3.63, 3.8) is 0 Å². The molecular weight excluding hydrogens is 447 g/mol. The summed E-state index contributed by atoms with van der Waals surface area (Å²) in [6, 6.07) is 7.02. The first-order valence-corrected chi connectivity index (χ1v) is 11.0. The smallest absolute Gasteiger partial charge is 0.234 e. The molecule has 0 spiro atoms. The van der Waals surface area contributed by atoms with E-state index in [2.05, 4.69) is 22.4 Å². The van der Waals surface area contributed by atoms with Crippen molar-refractivity contribution in [1.82, 2.24) is 14.8 Å². The molecule has 0 saturated heterocycles. The van der Waals surface area contributed by atoms with Gasteiger partial charge in [-0.15, -0.1) is 21.5 Å². The number of nitrogens with zero attached hydrogens (tertiary/aromatic N) is 3. The molecule has 2 aromatic heterocycles. The Morgan fingerprint density at radius 3 is 2.70 bits per heavy atom. The summed E-state index contributed by atoms with van der Waals surface area (Å²) in [4.78, 5) is 13.4. The van der Waals surface area contributed by atoms with E-state index in [9.17, 15) is 4.79 Å². The second kappa shape index (κ2) is 9.30. The highest BCUT2D eigenvalue weighted by Gasteiger charge is 2.16. The molecule has 0 saturated carbocycles. The third-order valence-corrected chi connectivity index (χ3v) is 6.39. The van der Waals surface area contributed by atoms with Gasteiger partial charge in [0.15, 0.2) is 11.0 Å². The first-order valence-electron chi connectivity index (χ1n) is 8.04. The topological polar surface area (TPSA) is 59.8 Å². The zero-order valence-electron chi connectivity index (χ0n) is 14.2. The number of nitrogens with one attached hydrogen (secondary N) is 1. The van der Waals surface area contributed by atoms with E-state index in [0.717, 1.165) is 23.7 Å². The lowest BCUT2D eigenvalue weighted by Gasteiger charge is -2.10. The van der Waals surface area contributed by atoms with E-state index in [4.69, 9.17) is 34.8 Å². The van der Waals surface area contributed by atoms with Crippen molar-refractivity contribution < 1.29 is 4.79 Å². The fourth-order valence-electron chi connectivity index (χ4n) is 2.34. The van der Waals surface area contributed by atoms with Crippen LogP contribution in [0.5, 0.6) is 0 Å². The molecule has 0 aliphatic heterocycles. The number of hydrogen-bond acceptors (Lipinski definition) is 5. The predicted molar refractivity (Wildman–Crippen MR) is 114 cm³/mol. The van der Waals surface area contributed by atoms with Crippen LogP contribution in [0.2, 0.25) is 15.1 Å². The van der Waals surface area contributed by atoms with Gasteiger partial charge in [-0.25, -0.2) is 0 Å². The van der Waals surface area contributed by atoms with Crippen LogP contribution in [-0.4, -0.2) is 26.4 Å². The molecule has 3 rings (SSSR count). The summed E-state index contributed by atoms with van der Waals surface area (Å²) >= 11 is 20.9. The number of carbonyl (C=O) groups is 1. The van der Waals surface area contributed by atoms with E-state index in [0.29, 0.717) is 25.9 Å². The molecule has 1 N–H and O–H groups in total. The van der Waals surface area contributed by atoms with Crippen LogP contribution in [0.25, 0.3) is 10.7 Å². The van der Waals surface area contributed by atoms with E-state index in [1.807, 2.05) is 22.1 Å². The molecule has 0 unspecified atom stereocenters. The van der Waals surface area contributed by atoms with Gasteiger partial charge >= 0.3 is 0 Å². The van der Waals surface area contributed by atoms with Gasteiger partial charge in [-0.05, 0) is 30.0 Å². The van der Waals surface area contributed by atoms with Crippen LogP contribution in [0.4, 0.5) is 5.69 Å². The van der Waals surface area contributed by atoms with Crippen LogP contribution in [-0.2, 0) is 11.3 Å². The molecule has 0 fully saturated rings. The van der Waals surface area contributed by atoms with E-state index in [-0.39, 0.29) is 11.7 Å². The van der Waals surface area contributed by atoms with Gasteiger partial charge in [0.25, 0.3) is 0 Å². The average molecular weight is 462 g/mol. The van der Waals surface area contributed by atoms with Crippen molar-refractivity contribution in [3.8, 4) is 10.7 Å². The minimum Gasteiger partial charge on any atom is -0.324 e. The fraction of sp³-hybridized carbons (Fsp3) is 0.235. The molecule has 142 valence electrons. The molecule has 0 aliphatic rings. The monoisotopic (exact) mass is 460 g/mol. The average Bonchev–Trinajstić information content (AvgIpc) is 3.28. The van der Waals surface area contributed by atoms with Gasteiger partial charge in [0, 0.05) is 6.54 Å². The van der Waals surface area contributed by atoms with Crippen molar-refractivity contribution in [3.05, 3.63) is 44.7 Å². The van der Waals surface area contributed by atoms with Gasteiger partial charge in [0.1, 0.15) is 0 Å². The third kappa shape index (κ3) is 4.97. The fourth-order valence-corrected chi connectivity index (χ4v) is 4.42. The van der Waals surface area contributed by atoms with Gasteiger partial charge in [-0.1, -0.05) is 59.6 Å². The number of halogens is 3. The van der Waals surface area contributed by atoms with Gasteiger partial charge in [-0.2, -0.15) is 0 Å². The Kier molecular flexibility index (Phi) is 7.05. The van der Waals surface area contributed by atoms with Gasteiger partial charge in [-0.3, -0.25) is 4.79 Å². The number of thiophene rings is 1. The second-order valence-electron chi connectivity index (χ2n) is 5.52. The zero-order chi connectivity index (χ0) is 19.4. The molecule has 0 atom stereocenters. The molecule has 27 heavy (non-hydrogen) atoms. The summed E-state index contributed by atoms with van der Waals surface area (Å²) in [5, 5.41) is 15.0. The van der Waals surface area contributed by atoms with Crippen LogP contribution in [0.15, 0.2) is 34.8 Å². The molecule has 5 nitrogen and oxygen atoms in total. The maximum Gasteiger partial charge on any atom is 0.234 e. The van der Waals surface area contributed by atoms with Crippen molar-refractivity contribution >= 4 is 69.5 Å². The summed E-state index contributed by atoms with van der Waals surface area (Å²) in [7, 11) is 0. The number of aromatic nitrogens is 3. The first kappa shape index (κ1) is 20.5. The molecule has 0 radical (unpaired) electrons. The van der Waals surface area contributed by atoms with E-state index >= 15 is 0 Å². The number of anilines is 1. The lowest BCUT2D eigenvalue weighted by molar-refractivity contribution is -0.113. The highest BCUT2D eigenvalue weighted by Crippen LogP contribution is 2.32. The Morgan fingerprint density at radius 1 is 1.22 bits per heavy atom. The molecule has 1 aromatic carbocycles. The minimum absolute atomic E-state index is 0.170. The SMILES string of the molecule is CCCn1c(SCC(=O)Nc2cc(Cl)c(Cl)cc2Cl)nnc1-c1cccs1. The lowest BCUT2D eigenvalue weighted by atomic mass is 10.3. The summed E-state index contributed by atoms with van der Waals surface area (Å²) in [5.41, 5.74) is 0.422. The molecule has 2 heterocycles. The molecular formula is C17H15Cl3N4OS2. The highest BCUT2D eigenvalue weighted by molar-refractivity contribution is 7.99. The number of hydrogen-bond donors (Lipinski definition) is 1. The highest BCUT2D eigenvalue weighted by atomic mass is 35.5. The number of benzene rings is 1. The van der Waals surface area contributed by atoms with Crippen LogP contribution >= 0.6 is 57.9 Å². The largest absolute Gasteiger partial charge is 0.324 e.